The summed E-state index contributed by atoms with van der Waals surface area (Å²) in [6, 6.07) is 3.05. The molecular weight excluding hydrogens is 220 g/mol. The molecule has 0 aliphatic heterocycles. The Morgan fingerprint density at radius 1 is 1.41 bits per heavy atom. The third-order valence-corrected chi connectivity index (χ3v) is 2.02. The summed E-state index contributed by atoms with van der Waals surface area (Å²) in [7, 11) is 0. The van der Waals surface area contributed by atoms with Gasteiger partial charge in [-0.05, 0) is 25.5 Å². The first kappa shape index (κ1) is 13.2. The minimum Gasteiger partial charge on any atom is -0.462 e. The first-order valence-electron chi connectivity index (χ1n) is 5.60. The van der Waals surface area contributed by atoms with Gasteiger partial charge in [-0.25, -0.2) is 9.78 Å². The van der Waals surface area contributed by atoms with E-state index in [1.54, 1.807) is 13.0 Å². The zero-order valence-electron chi connectivity index (χ0n) is 10.0. The second-order valence-corrected chi connectivity index (χ2v) is 3.45. The molecule has 0 atom stereocenters. The highest BCUT2D eigenvalue weighted by atomic mass is 16.5. The van der Waals surface area contributed by atoms with E-state index >= 15 is 0 Å². The fourth-order valence-corrected chi connectivity index (χ4v) is 1.27. The zero-order valence-corrected chi connectivity index (χ0v) is 10.0. The molecule has 1 heterocycles. The van der Waals surface area contributed by atoms with Crippen LogP contribution in [0.1, 0.15) is 37.0 Å². The van der Waals surface area contributed by atoms with Crippen LogP contribution < -0.4 is 5.32 Å². The SMILES string of the molecule is CCCC(=O)Nc1cc(C(=O)OCC)ccn1. The van der Waals surface area contributed by atoms with Crippen LogP contribution in [0.4, 0.5) is 5.82 Å². The molecule has 92 valence electrons. The van der Waals surface area contributed by atoms with E-state index in [0.29, 0.717) is 24.4 Å². The van der Waals surface area contributed by atoms with Gasteiger partial charge >= 0.3 is 5.97 Å². The molecule has 0 unspecified atom stereocenters. The highest BCUT2D eigenvalue weighted by Gasteiger charge is 2.08. The van der Waals surface area contributed by atoms with Gasteiger partial charge in [0, 0.05) is 12.6 Å². The Balaban J connectivity index is 2.72. The van der Waals surface area contributed by atoms with E-state index in [-0.39, 0.29) is 5.91 Å². The number of nitrogens with zero attached hydrogens (tertiary/aromatic N) is 1. The van der Waals surface area contributed by atoms with Crippen LogP contribution in [-0.2, 0) is 9.53 Å². The summed E-state index contributed by atoms with van der Waals surface area (Å²) in [6.45, 7) is 3.98. The number of carbonyl (C=O) groups is 2. The monoisotopic (exact) mass is 236 g/mol. The molecule has 5 nitrogen and oxygen atoms in total. The highest BCUT2D eigenvalue weighted by Crippen LogP contribution is 2.08. The molecule has 0 fully saturated rings. The van der Waals surface area contributed by atoms with Crippen LogP contribution in [-0.4, -0.2) is 23.5 Å². The van der Waals surface area contributed by atoms with Crippen molar-refractivity contribution >= 4 is 17.7 Å². The number of pyridine rings is 1. The fraction of sp³-hybridized carbons (Fsp3) is 0.417. The van der Waals surface area contributed by atoms with E-state index in [9.17, 15) is 9.59 Å². The molecule has 0 radical (unpaired) electrons. The van der Waals surface area contributed by atoms with Gasteiger partial charge in [-0.3, -0.25) is 4.79 Å². The lowest BCUT2D eigenvalue weighted by molar-refractivity contribution is -0.116. The van der Waals surface area contributed by atoms with Crippen LogP contribution in [0.25, 0.3) is 0 Å². The van der Waals surface area contributed by atoms with Gasteiger partial charge in [0.25, 0.3) is 0 Å². The van der Waals surface area contributed by atoms with Gasteiger partial charge < -0.3 is 10.1 Å². The highest BCUT2D eigenvalue weighted by molar-refractivity contribution is 5.93. The average Bonchev–Trinajstić information content (AvgIpc) is 2.30. The summed E-state index contributed by atoms with van der Waals surface area (Å²) in [5, 5.41) is 2.62. The Bertz CT molecular complexity index is 404. The van der Waals surface area contributed by atoms with Crippen LogP contribution >= 0.6 is 0 Å². The Kier molecular flexibility index (Phi) is 5.13. The summed E-state index contributed by atoms with van der Waals surface area (Å²) in [5.74, 6) is -0.157. The molecule has 0 aliphatic rings. The van der Waals surface area contributed by atoms with Crippen molar-refractivity contribution in [1.82, 2.24) is 4.98 Å². The van der Waals surface area contributed by atoms with Gasteiger partial charge in [0.2, 0.25) is 5.91 Å². The summed E-state index contributed by atoms with van der Waals surface area (Å²) in [6.07, 6.45) is 2.67. The molecule has 0 bridgehead atoms. The lowest BCUT2D eigenvalue weighted by atomic mass is 10.2. The van der Waals surface area contributed by atoms with Crippen LogP contribution in [0.2, 0.25) is 0 Å². The minimum atomic E-state index is -0.416. The number of amides is 1. The smallest absolute Gasteiger partial charge is 0.338 e. The molecule has 0 spiro atoms. The summed E-state index contributed by atoms with van der Waals surface area (Å²) < 4.78 is 4.86. The lowest BCUT2D eigenvalue weighted by Gasteiger charge is -2.05. The molecule has 1 N–H and O–H groups in total. The maximum Gasteiger partial charge on any atom is 0.338 e. The minimum absolute atomic E-state index is 0.110. The quantitative estimate of drug-likeness (QED) is 0.794. The fourth-order valence-electron chi connectivity index (χ4n) is 1.27. The van der Waals surface area contributed by atoms with Gasteiger partial charge in [-0.15, -0.1) is 0 Å². The molecule has 1 rings (SSSR count). The predicted octanol–water partition coefficient (Wildman–Crippen LogP) is 2.00. The number of aromatic nitrogens is 1. The van der Waals surface area contributed by atoms with Gasteiger partial charge in [0.05, 0.1) is 12.2 Å². The van der Waals surface area contributed by atoms with Gasteiger partial charge in [0.15, 0.2) is 0 Å². The molecule has 0 aliphatic carbocycles. The summed E-state index contributed by atoms with van der Waals surface area (Å²) >= 11 is 0. The number of nitrogens with one attached hydrogen (secondary N) is 1. The Labute approximate surface area is 100 Å². The molecule has 1 aromatic rings. The Morgan fingerprint density at radius 2 is 2.18 bits per heavy atom. The number of hydrogen-bond donors (Lipinski definition) is 1. The Hall–Kier alpha value is -1.91. The number of rotatable bonds is 5. The lowest BCUT2D eigenvalue weighted by Crippen LogP contribution is -2.13. The Morgan fingerprint density at radius 3 is 2.82 bits per heavy atom. The molecule has 17 heavy (non-hydrogen) atoms. The van der Waals surface area contributed by atoms with E-state index in [1.807, 2.05) is 6.92 Å². The van der Waals surface area contributed by atoms with Crippen LogP contribution in [0.15, 0.2) is 18.3 Å². The summed E-state index contributed by atoms with van der Waals surface area (Å²) in [4.78, 5) is 26.8. The number of ether oxygens (including phenoxy) is 1. The number of hydrogen-bond acceptors (Lipinski definition) is 4. The standard InChI is InChI=1S/C12H16N2O3/c1-3-5-11(15)14-10-8-9(6-7-13-10)12(16)17-4-2/h6-8H,3-5H2,1-2H3,(H,13,14,15). The molecular formula is C12H16N2O3. The third kappa shape index (κ3) is 4.22. The predicted molar refractivity (Wildman–Crippen MR) is 63.7 cm³/mol. The van der Waals surface area contributed by atoms with Crippen LogP contribution in [0, 0.1) is 0 Å². The van der Waals surface area contributed by atoms with Crippen molar-refractivity contribution < 1.29 is 14.3 Å². The van der Waals surface area contributed by atoms with Crippen molar-refractivity contribution in [1.29, 1.82) is 0 Å². The van der Waals surface area contributed by atoms with E-state index in [0.717, 1.165) is 6.42 Å². The number of anilines is 1. The van der Waals surface area contributed by atoms with E-state index in [1.165, 1.54) is 12.3 Å². The number of esters is 1. The van der Waals surface area contributed by atoms with Crippen molar-refractivity contribution in [2.45, 2.75) is 26.7 Å². The van der Waals surface area contributed by atoms with E-state index in [2.05, 4.69) is 10.3 Å². The second-order valence-electron chi connectivity index (χ2n) is 3.45. The first-order chi connectivity index (χ1) is 8.17. The molecule has 5 heteroatoms. The van der Waals surface area contributed by atoms with E-state index in [4.69, 9.17) is 4.74 Å². The zero-order chi connectivity index (χ0) is 12.7. The topological polar surface area (TPSA) is 68.3 Å². The second kappa shape index (κ2) is 6.62. The normalized spacial score (nSPS) is 9.76. The number of carbonyl (C=O) groups excluding carboxylic acids is 2. The molecule has 0 saturated carbocycles. The summed E-state index contributed by atoms with van der Waals surface area (Å²) in [5.41, 5.74) is 0.383. The van der Waals surface area contributed by atoms with Crippen LogP contribution in [0.5, 0.6) is 0 Å². The molecule has 1 aromatic heterocycles. The third-order valence-electron chi connectivity index (χ3n) is 2.02. The van der Waals surface area contributed by atoms with E-state index < -0.39 is 5.97 Å². The average molecular weight is 236 g/mol. The first-order valence-corrected chi connectivity index (χ1v) is 5.60. The van der Waals surface area contributed by atoms with Crippen molar-refractivity contribution in [2.24, 2.45) is 0 Å². The molecule has 0 saturated heterocycles. The van der Waals surface area contributed by atoms with Gasteiger partial charge in [-0.1, -0.05) is 6.92 Å². The van der Waals surface area contributed by atoms with Gasteiger partial charge in [0.1, 0.15) is 5.82 Å². The van der Waals surface area contributed by atoms with Crippen LogP contribution in [0.3, 0.4) is 0 Å². The molecule has 1 amide bonds. The van der Waals surface area contributed by atoms with Crippen molar-refractivity contribution in [3.8, 4) is 0 Å². The molecule has 0 aromatic carbocycles. The van der Waals surface area contributed by atoms with Crippen molar-refractivity contribution in [3.63, 3.8) is 0 Å². The maximum atomic E-state index is 11.4. The van der Waals surface area contributed by atoms with Crippen molar-refractivity contribution in [3.05, 3.63) is 23.9 Å². The maximum absolute atomic E-state index is 11.4. The van der Waals surface area contributed by atoms with Gasteiger partial charge in [-0.2, -0.15) is 0 Å². The largest absolute Gasteiger partial charge is 0.462 e. The van der Waals surface area contributed by atoms with Crippen molar-refractivity contribution in [2.75, 3.05) is 11.9 Å².